The lowest BCUT2D eigenvalue weighted by Gasteiger charge is -2.41. The monoisotopic (exact) mass is 435 g/mol. The highest BCUT2D eigenvalue weighted by Crippen LogP contribution is 2.49. The van der Waals surface area contributed by atoms with Gasteiger partial charge in [0.05, 0.1) is 13.3 Å². The number of nitrogens with zero attached hydrogens (tertiary/aromatic N) is 3. The van der Waals surface area contributed by atoms with E-state index in [1.54, 1.807) is 18.3 Å². The number of hydrogen-bond donors (Lipinski definition) is 0. The van der Waals surface area contributed by atoms with Crippen LogP contribution in [0.1, 0.15) is 41.7 Å². The number of fused-ring (bicyclic) bond motifs is 1. The molecule has 0 amide bonds. The van der Waals surface area contributed by atoms with E-state index in [9.17, 15) is 9.18 Å². The van der Waals surface area contributed by atoms with Crippen LogP contribution in [0.5, 0.6) is 5.75 Å². The topological polar surface area (TPSA) is 64.5 Å². The number of ether oxygens (including phenoxy) is 2. The maximum atomic E-state index is 13.6. The summed E-state index contributed by atoms with van der Waals surface area (Å²) in [6, 6.07) is 4.70. The van der Waals surface area contributed by atoms with E-state index in [0.717, 1.165) is 24.2 Å². The SMILES string of the molecule is COC(=O)c1nc(Br)cnc1N1CCC2(CC1)Oc1ccc(F)cc1[C@H]2C. The average Bonchev–Trinajstić information content (AvgIpc) is 2.93. The van der Waals surface area contributed by atoms with E-state index in [0.29, 0.717) is 23.5 Å². The molecule has 2 aliphatic heterocycles. The van der Waals surface area contributed by atoms with E-state index < -0.39 is 5.97 Å². The molecular weight excluding hydrogens is 417 g/mol. The lowest BCUT2D eigenvalue weighted by Crippen LogP contribution is -2.49. The van der Waals surface area contributed by atoms with E-state index in [1.165, 1.54) is 13.2 Å². The van der Waals surface area contributed by atoms with Gasteiger partial charge in [-0.25, -0.2) is 19.2 Å². The zero-order valence-corrected chi connectivity index (χ0v) is 16.6. The second-order valence-corrected chi connectivity index (χ2v) is 7.73. The Morgan fingerprint density at radius 3 is 2.85 bits per heavy atom. The van der Waals surface area contributed by atoms with Gasteiger partial charge in [-0.15, -0.1) is 0 Å². The molecule has 1 saturated heterocycles. The second-order valence-electron chi connectivity index (χ2n) is 6.91. The van der Waals surface area contributed by atoms with Crippen molar-refractivity contribution in [2.75, 3.05) is 25.1 Å². The molecule has 1 aromatic carbocycles. The maximum Gasteiger partial charge on any atom is 0.360 e. The molecule has 4 rings (SSSR count). The zero-order chi connectivity index (χ0) is 19.2. The van der Waals surface area contributed by atoms with Crippen molar-refractivity contribution in [1.29, 1.82) is 0 Å². The Balaban J connectivity index is 1.56. The van der Waals surface area contributed by atoms with Crippen molar-refractivity contribution in [3.63, 3.8) is 0 Å². The molecule has 0 aliphatic carbocycles. The van der Waals surface area contributed by atoms with Gasteiger partial charge in [0.1, 0.15) is 21.8 Å². The highest BCUT2D eigenvalue weighted by Gasteiger charge is 2.48. The van der Waals surface area contributed by atoms with Gasteiger partial charge in [-0.3, -0.25) is 0 Å². The number of aromatic nitrogens is 2. The number of anilines is 1. The molecule has 142 valence electrons. The number of hydrogen-bond acceptors (Lipinski definition) is 6. The van der Waals surface area contributed by atoms with Crippen molar-refractivity contribution in [2.45, 2.75) is 31.3 Å². The Hall–Kier alpha value is -2.22. The van der Waals surface area contributed by atoms with E-state index in [2.05, 4.69) is 32.8 Å². The van der Waals surface area contributed by atoms with Crippen molar-refractivity contribution >= 4 is 27.7 Å². The molecule has 2 aliphatic rings. The number of benzene rings is 1. The quantitative estimate of drug-likeness (QED) is 0.670. The van der Waals surface area contributed by atoms with E-state index in [1.807, 2.05) is 4.90 Å². The van der Waals surface area contributed by atoms with Gasteiger partial charge in [-0.05, 0) is 34.1 Å². The molecule has 27 heavy (non-hydrogen) atoms. The molecule has 1 spiro atoms. The van der Waals surface area contributed by atoms with Crippen molar-refractivity contribution in [1.82, 2.24) is 9.97 Å². The van der Waals surface area contributed by atoms with Crippen LogP contribution in [0.2, 0.25) is 0 Å². The van der Waals surface area contributed by atoms with Gasteiger partial charge in [0.2, 0.25) is 0 Å². The van der Waals surface area contributed by atoms with E-state index >= 15 is 0 Å². The minimum Gasteiger partial charge on any atom is -0.486 e. The van der Waals surface area contributed by atoms with Crippen LogP contribution in [0.25, 0.3) is 0 Å². The summed E-state index contributed by atoms with van der Waals surface area (Å²) in [6.07, 6.45) is 3.05. The van der Waals surface area contributed by atoms with Crippen molar-refractivity contribution in [3.8, 4) is 5.75 Å². The highest BCUT2D eigenvalue weighted by molar-refractivity contribution is 9.10. The number of esters is 1. The van der Waals surface area contributed by atoms with Gasteiger partial charge in [-0.2, -0.15) is 0 Å². The van der Waals surface area contributed by atoms with Gasteiger partial charge in [0.25, 0.3) is 0 Å². The van der Waals surface area contributed by atoms with Crippen molar-refractivity contribution in [2.24, 2.45) is 0 Å². The Labute approximate surface area is 164 Å². The molecule has 0 N–H and O–H groups in total. The first-order chi connectivity index (χ1) is 12.9. The number of methoxy groups -OCH3 is 1. The summed E-state index contributed by atoms with van der Waals surface area (Å²) in [4.78, 5) is 22.7. The molecule has 1 atom stereocenters. The first kappa shape index (κ1) is 18.2. The Morgan fingerprint density at radius 2 is 2.15 bits per heavy atom. The van der Waals surface area contributed by atoms with E-state index in [4.69, 9.17) is 9.47 Å². The molecule has 2 aromatic rings. The average molecular weight is 436 g/mol. The number of piperidine rings is 1. The van der Waals surface area contributed by atoms with Crippen LogP contribution in [0.15, 0.2) is 29.0 Å². The number of rotatable bonds is 2. The summed E-state index contributed by atoms with van der Waals surface area (Å²) in [6.45, 7) is 3.39. The zero-order valence-electron chi connectivity index (χ0n) is 15.0. The highest BCUT2D eigenvalue weighted by atomic mass is 79.9. The van der Waals surface area contributed by atoms with Gasteiger partial charge in [-0.1, -0.05) is 6.92 Å². The van der Waals surface area contributed by atoms with Crippen LogP contribution in [-0.2, 0) is 4.74 Å². The molecule has 0 bridgehead atoms. The molecule has 0 saturated carbocycles. The predicted molar refractivity (Wildman–Crippen MR) is 101 cm³/mol. The van der Waals surface area contributed by atoms with Crippen molar-refractivity contribution < 1.29 is 18.7 Å². The summed E-state index contributed by atoms with van der Waals surface area (Å²) in [5.41, 5.74) is 0.747. The minimum absolute atomic E-state index is 0.0985. The Morgan fingerprint density at radius 1 is 1.41 bits per heavy atom. The Kier molecular flexibility index (Phi) is 4.53. The number of halogens is 2. The number of carbonyl (C=O) groups is 1. The lowest BCUT2D eigenvalue weighted by atomic mass is 9.78. The largest absolute Gasteiger partial charge is 0.486 e. The molecule has 1 fully saturated rings. The molecule has 0 radical (unpaired) electrons. The van der Waals surface area contributed by atoms with Crippen LogP contribution in [0, 0.1) is 5.82 Å². The second kappa shape index (κ2) is 6.74. The summed E-state index contributed by atoms with van der Waals surface area (Å²) in [5.74, 6) is 0.602. The van der Waals surface area contributed by atoms with Gasteiger partial charge in [0, 0.05) is 37.4 Å². The van der Waals surface area contributed by atoms with Crippen LogP contribution in [0.3, 0.4) is 0 Å². The fraction of sp³-hybridized carbons (Fsp3) is 0.421. The summed E-state index contributed by atoms with van der Waals surface area (Å²) in [5, 5.41) is 0. The minimum atomic E-state index is -0.521. The molecule has 1 aromatic heterocycles. The third kappa shape index (κ3) is 3.05. The number of carbonyl (C=O) groups excluding carboxylic acids is 1. The fourth-order valence-electron chi connectivity index (χ4n) is 4.00. The normalized spacial score (nSPS) is 20.3. The van der Waals surface area contributed by atoms with Crippen LogP contribution in [-0.4, -0.2) is 41.7 Å². The predicted octanol–water partition coefficient (Wildman–Crippen LogP) is 3.70. The summed E-state index contributed by atoms with van der Waals surface area (Å²) >= 11 is 3.25. The van der Waals surface area contributed by atoms with Crippen LogP contribution >= 0.6 is 15.9 Å². The lowest BCUT2D eigenvalue weighted by molar-refractivity contribution is 0.0463. The van der Waals surface area contributed by atoms with E-state index in [-0.39, 0.29) is 23.0 Å². The van der Waals surface area contributed by atoms with Crippen molar-refractivity contribution in [3.05, 3.63) is 46.1 Å². The standard InChI is InChI=1S/C19H19BrFN3O3/c1-11-13-9-12(21)3-4-14(13)27-19(11)5-7-24(8-6-19)17-16(18(25)26-2)23-15(20)10-22-17/h3-4,9-11H,5-8H2,1-2H3/t11-/m1/s1. The maximum absolute atomic E-state index is 13.6. The van der Waals surface area contributed by atoms with Gasteiger partial charge >= 0.3 is 5.97 Å². The summed E-state index contributed by atoms with van der Waals surface area (Å²) in [7, 11) is 1.32. The fourth-order valence-corrected chi connectivity index (χ4v) is 4.28. The van der Waals surface area contributed by atoms with Crippen LogP contribution < -0.4 is 9.64 Å². The molecule has 3 heterocycles. The molecule has 6 nitrogen and oxygen atoms in total. The van der Waals surface area contributed by atoms with Crippen LogP contribution in [0.4, 0.5) is 10.2 Å². The smallest absolute Gasteiger partial charge is 0.360 e. The molecule has 0 unspecified atom stereocenters. The molecular formula is C19H19BrFN3O3. The Bertz CT molecular complexity index is 900. The summed E-state index contributed by atoms with van der Waals surface area (Å²) < 4.78 is 25.2. The first-order valence-electron chi connectivity index (χ1n) is 8.78. The van der Waals surface area contributed by atoms with Gasteiger partial charge < -0.3 is 14.4 Å². The third-order valence-electron chi connectivity index (χ3n) is 5.55. The molecule has 8 heteroatoms. The van der Waals surface area contributed by atoms with Gasteiger partial charge in [0.15, 0.2) is 11.5 Å². The first-order valence-corrected chi connectivity index (χ1v) is 9.57. The third-order valence-corrected chi connectivity index (χ3v) is 5.93.